The Hall–Kier alpha value is -1.51. The molecule has 16 heavy (non-hydrogen) atoms. The highest BCUT2D eigenvalue weighted by atomic mass is 16.5. The smallest absolute Gasteiger partial charge is 0.304 e. The molecular weight excluding hydrogens is 204 g/mol. The average Bonchev–Trinajstić information content (AvgIpc) is 2.23. The van der Waals surface area contributed by atoms with Gasteiger partial charge in [0.1, 0.15) is 5.75 Å². The minimum atomic E-state index is -0.731. The SMILES string of the molecule is COc1ccccc1C1(CC(=O)O)CCC1. The molecule has 1 N–H and O–H groups in total. The fourth-order valence-corrected chi connectivity index (χ4v) is 2.52. The molecule has 0 radical (unpaired) electrons. The van der Waals surface area contributed by atoms with E-state index in [9.17, 15) is 4.79 Å². The second-order valence-electron chi connectivity index (χ2n) is 4.40. The van der Waals surface area contributed by atoms with Gasteiger partial charge in [-0.25, -0.2) is 0 Å². The predicted molar refractivity (Wildman–Crippen MR) is 60.8 cm³/mol. The number of rotatable bonds is 4. The predicted octanol–water partition coefficient (Wildman–Crippen LogP) is 2.59. The summed E-state index contributed by atoms with van der Waals surface area (Å²) in [6.45, 7) is 0. The van der Waals surface area contributed by atoms with Gasteiger partial charge in [0.25, 0.3) is 0 Å². The summed E-state index contributed by atoms with van der Waals surface area (Å²) in [6.07, 6.45) is 3.19. The lowest BCUT2D eigenvalue weighted by molar-refractivity contribution is -0.139. The number of hydrogen-bond acceptors (Lipinski definition) is 2. The number of aliphatic carboxylic acids is 1. The van der Waals surface area contributed by atoms with Crippen molar-refractivity contribution in [3.8, 4) is 5.75 Å². The van der Waals surface area contributed by atoms with E-state index in [1.165, 1.54) is 0 Å². The molecule has 0 atom stereocenters. The van der Waals surface area contributed by atoms with E-state index in [2.05, 4.69) is 0 Å². The van der Waals surface area contributed by atoms with Crippen LogP contribution < -0.4 is 4.74 Å². The molecule has 1 aromatic carbocycles. The number of carboxylic acid groups (broad SMARTS) is 1. The molecule has 3 nitrogen and oxygen atoms in total. The zero-order valence-electron chi connectivity index (χ0n) is 9.40. The number of para-hydroxylation sites is 1. The Kier molecular flexibility index (Phi) is 2.86. The van der Waals surface area contributed by atoms with Crippen molar-refractivity contribution < 1.29 is 14.6 Å². The Bertz CT molecular complexity index is 394. The Labute approximate surface area is 95.0 Å². The molecule has 86 valence electrons. The first-order valence-electron chi connectivity index (χ1n) is 5.53. The summed E-state index contributed by atoms with van der Waals surface area (Å²) >= 11 is 0. The van der Waals surface area contributed by atoms with Crippen LogP contribution in [0.25, 0.3) is 0 Å². The Morgan fingerprint density at radius 1 is 1.44 bits per heavy atom. The fraction of sp³-hybridized carbons (Fsp3) is 0.462. The van der Waals surface area contributed by atoms with Crippen molar-refractivity contribution in [3.63, 3.8) is 0 Å². The third-order valence-corrected chi connectivity index (χ3v) is 3.48. The highest BCUT2D eigenvalue weighted by Crippen LogP contribution is 2.49. The monoisotopic (exact) mass is 220 g/mol. The zero-order chi connectivity index (χ0) is 11.6. The topological polar surface area (TPSA) is 46.5 Å². The summed E-state index contributed by atoms with van der Waals surface area (Å²) in [5.74, 6) is 0.0778. The van der Waals surface area contributed by atoms with Crippen molar-refractivity contribution in [1.29, 1.82) is 0 Å². The standard InChI is InChI=1S/C13H16O3/c1-16-11-6-3-2-5-10(11)13(7-4-8-13)9-12(14)15/h2-3,5-6H,4,7-9H2,1H3,(H,14,15). The lowest BCUT2D eigenvalue weighted by atomic mass is 9.62. The third-order valence-electron chi connectivity index (χ3n) is 3.48. The van der Waals surface area contributed by atoms with Gasteiger partial charge >= 0.3 is 5.97 Å². The molecule has 0 heterocycles. The average molecular weight is 220 g/mol. The van der Waals surface area contributed by atoms with Gasteiger partial charge in [-0.3, -0.25) is 4.79 Å². The van der Waals surface area contributed by atoms with Crippen LogP contribution in [0.3, 0.4) is 0 Å². The lowest BCUT2D eigenvalue weighted by Crippen LogP contribution is -2.36. The van der Waals surface area contributed by atoms with E-state index in [-0.39, 0.29) is 11.8 Å². The Morgan fingerprint density at radius 2 is 2.12 bits per heavy atom. The molecule has 1 aliphatic carbocycles. The van der Waals surface area contributed by atoms with Crippen LogP contribution in [0.4, 0.5) is 0 Å². The largest absolute Gasteiger partial charge is 0.496 e. The van der Waals surface area contributed by atoms with Crippen LogP contribution in [0.1, 0.15) is 31.2 Å². The van der Waals surface area contributed by atoms with Crippen molar-refractivity contribution >= 4 is 5.97 Å². The number of carbonyl (C=O) groups is 1. The summed E-state index contributed by atoms with van der Waals surface area (Å²) in [5.41, 5.74) is 0.851. The van der Waals surface area contributed by atoms with Gasteiger partial charge in [-0.15, -0.1) is 0 Å². The van der Waals surface area contributed by atoms with E-state index in [0.717, 1.165) is 30.6 Å². The van der Waals surface area contributed by atoms with E-state index >= 15 is 0 Å². The van der Waals surface area contributed by atoms with Crippen molar-refractivity contribution in [1.82, 2.24) is 0 Å². The maximum atomic E-state index is 10.9. The van der Waals surface area contributed by atoms with Crippen LogP contribution in [-0.2, 0) is 10.2 Å². The lowest BCUT2D eigenvalue weighted by Gasteiger charge is -2.42. The summed E-state index contributed by atoms with van der Waals surface area (Å²) in [4.78, 5) is 10.9. The van der Waals surface area contributed by atoms with E-state index in [0.29, 0.717) is 0 Å². The Balaban J connectivity index is 2.36. The van der Waals surface area contributed by atoms with Crippen LogP contribution >= 0.6 is 0 Å². The summed E-state index contributed by atoms with van der Waals surface area (Å²) in [6, 6.07) is 7.74. The second-order valence-corrected chi connectivity index (χ2v) is 4.40. The molecule has 0 amide bonds. The fourth-order valence-electron chi connectivity index (χ4n) is 2.52. The number of benzene rings is 1. The minimum Gasteiger partial charge on any atom is -0.496 e. The molecule has 1 fully saturated rings. The summed E-state index contributed by atoms with van der Waals surface area (Å²) in [5, 5.41) is 9.00. The van der Waals surface area contributed by atoms with E-state index in [1.54, 1.807) is 7.11 Å². The molecule has 1 saturated carbocycles. The molecule has 0 bridgehead atoms. The molecule has 1 aliphatic rings. The van der Waals surface area contributed by atoms with Gasteiger partial charge in [-0.05, 0) is 18.9 Å². The van der Waals surface area contributed by atoms with Crippen LogP contribution in [0.15, 0.2) is 24.3 Å². The zero-order valence-corrected chi connectivity index (χ0v) is 9.40. The molecule has 0 aromatic heterocycles. The van der Waals surface area contributed by atoms with E-state index in [4.69, 9.17) is 9.84 Å². The van der Waals surface area contributed by atoms with Crippen LogP contribution in [-0.4, -0.2) is 18.2 Å². The molecule has 0 unspecified atom stereocenters. The first-order chi connectivity index (χ1) is 7.68. The highest BCUT2D eigenvalue weighted by molar-refractivity contribution is 5.70. The summed E-state index contributed by atoms with van der Waals surface area (Å²) in [7, 11) is 1.63. The van der Waals surface area contributed by atoms with Gasteiger partial charge in [0, 0.05) is 11.0 Å². The maximum Gasteiger partial charge on any atom is 0.304 e. The van der Waals surface area contributed by atoms with Gasteiger partial charge in [0.05, 0.1) is 13.5 Å². The van der Waals surface area contributed by atoms with Gasteiger partial charge in [-0.1, -0.05) is 24.6 Å². The highest BCUT2D eigenvalue weighted by Gasteiger charge is 2.42. The molecule has 0 saturated heterocycles. The van der Waals surface area contributed by atoms with Crippen molar-refractivity contribution in [2.45, 2.75) is 31.1 Å². The van der Waals surface area contributed by atoms with Gasteiger partial charge < -0.3 is 9.84 Å². The number of ether oxygens (including phenoxy) is 1. The summed E-state index contributed by atoms with van der Waals surface area (Å²) < 4.78 is 5.32. The third kappa shape index (κ3) is 1.77. The van der Waals surface area contributed by atoms with Gasteiger partial charge in [0.15, 0.2) is 0 Å². The Morgan fingerprint density at radius 3 is 2.62 bits per heavy atom. The minimum absolute atomic E-state index is 0.196. The van der Waals surface area contributed by atoms with Crippen molar-refractivity contribution in [3.05, 3.63) is 29.8 Å². The van der Waals surface area contributed by atoms with Crippen molar-refractivity contribution in [2.24, 2.45) is 0 Å². The molecule has 0 aliphatic heterocycles. The van der Waals surface area contributed by atoms with Crippen molar-refractivity contribution in [2.75, 3.05) is 7.11 Å². The second kappa shape index (κ2) is 4.16. The quantitative estimate of drug-likeness (QED) is 0.848. The maximum absolute atomic E-state index is 10.9. The van der Waals surface area contributed by atoms with E-state index in [1.807, 2.05) is 24.3 Å². The molecule has 2 rings (SSSR count). The van der Waals surface area contributed by atoms with Crippen LogP contribution in [0.2, 0.25) is 0 Å². The first-order valence-corrected chi connectivity index (χ1v) is 5.53. The number of carboxylic acids is 1. The number of methoxy groups -OCH3 is 1. The molecular formula is C13H16O3. The molecule has 1 aromatic rings. The number of hydrogen-bond donors (Lipinski definition) is 1. The van der Waals surface area contributed by atoms with Crippen LogP contribution in [0.5, 0.6) is 5.75 Å². The van der Waals surface area contributed by atoms with E-state index < -0.39 is 5.97 Å². The van der Waals surface area contributed by atoms with Crippen LogP contribution in [0, 0.1) is 0 Å². The van der Waals surface area contributed by atoms with Gasteiger partial charge in [-0.2, -0.15) is 0 Å². The molecule has 3 heteroatoms. The normalized spacial score (nSPS) is 17.6. The first kappa shape index (κ1) is 11.0. The van der Waals surface area contributed by atoms with Gasteiger partial charge in [0.2, 0.25) is 0 Å². The molecule has 0 spiro atoms.